The molecule has 9 heavy (non-hydrogen) atoms. The van der Waals surface area contributed by atoms with Crippen LogP contribution in [0.3, 0.4) is 0 Å². The molecule has 3 rings (SSSR count). The summed E-state index contributed by atoms with van der Waals surface area (Å²) in [4.78, 5) is 2.45. The van der Waals surface area contributed by atoms with Crippen molar-refractivity contribution in [3.8, 4) is 0 Å². The van der Waals surface area contributed by atoms with Gasteiger partial charge in [0, 0.05) is 6.54 Å². The molecular weight excluding hydrogens is 114 g/mol. The predicted octanol–water partition coefficient (Wildman–Crippen LogP) is -0.175. The Bertz CT molecular complexity index is 164. The van der Waals surface area contributed by atoms with Gasteiger partial charge in [0.25, 0.3) is 0 Å². The predicted molar refractivity (Wildman–Crippen MR) is 33.0 cm³/mol. The van der Waals surface area contributed by atoms with E-state index in [9.17, 15) is 5.11 Å². The first kappa shape index (κ1) is 4.69. The maximum Gasteiger partial charge on any atom is 0.0853 e. The molecule has 3 aliphatic rings. The minimum Gasteiger partial charge on any atom is -0.390 e. The van der Waals surface area contributed by atoms with Crippen LogP contribution in [0.25, 0.3) is 0 Å². The van der Waals surface area contributed by atoms with Gasteiger partial charge in [-0.1, -0.05) is 0 Å². The van der Waals surface area contributed by atoms with Crippen molar-refractivity contribution in [1.82, 2.24) is 4.90 Å². The molecule has 1 aliphatic carbocycles. The van der Waals surface area contributed by atoms with Crippen molar-refractivity contribution in [2.75, 3.05) is 13.1 Å². The van der Waals surface area contributed by atoms with Gasteiger partial charge in [-0.05, 0) is 25.3 Å². The highest BCUT2D eigenvalue weighted by atomic mass is 16.3. The minimum absolute atomic E-state index is 0.0324. The first-order chi connectivity index (χ1) is 4.34. The molecule has 50 valence electrons. The standard InChI is InChI=1S/C7H11NO/c9-6-4-8-2-1-5-3-7(5,6)8/h5-6,9H,1-4H2. The van der Waals surface area contributed by atoms with E-state index in [2.05, 4.69) is 4.90 Å². The Morgan fingerprint density at radius 2 is 2.44 bits per heavy atom. The van der Waals surface area contributed by atoms with E-state index >= 15 is 0 Å². The number of hydrogen-bond donors (Lipinski definition) is 1. The lowest BCUT2D eigenvalue weighted by molar-refractivity contribution is -0.0649. The van der Waals surface area contributed by atoms with Crippen LogP contribution in [0.2, 0.25) is 0 Å². The largest absolute Gasteiger partial charge is 0.390 e. The fourth-order valence-corrected chi connectivity index (χ4v) is 2.73. The fourth-order valence-electron chi connectivity index (χ4n) is 2.73. The minimum atomic E-state index is 0.0324. The van der Waals surface area contributed by atoms with E-state index in [1.165, 1.54) is 19.4 Å². The quantitative estimate of drug-likeness (QED) is 0.485. The van der Waals surface area contributed by atoms with Gasteiger partial charge in [0.1, 0.15) is 0 Å². The molecule has 0 aromatic heterocycles. The molecule has 2 heteroatoms. The van der Waals surface area contributed by atoms with Crippen LogP contribution < -0.4 is 0 Å². The number of hydrogen-bond acceptors (Lipinski definition) is 2. The molecule has 0 amide bonds. The molecule has 2 nitrogen and oxygen atoms in total. The van der Waals surface area contributed by atoms with Crippen molar-refractivity contribution in [2.45, 2.75) is 24.5 Å². The third-order valence-electron chi connectivity index (χ3n) is 3.43. The lowest BCUT2D eigenvalue weighted by Crippen LogP contribution is -2.60. The van der Waals surface area contributed by atoms with E-state index in [1.807, 2.05) is 0 Å². The average molecular weight is 125 g/mol. The molecule has 1 saturated carbocycles. The number of aliphatic hydroxyl groups excluding tert-OH is 1. The summed E-state index contributed by atoms with van der Waals surface area (Å²) in [6, 6.07) is 0. The van der Waals surface area contributed by atoms with Crippen LogP contribution in [0, 0.1) is 5.92 Å². The van der Waals surface area contributed by atoms with Gasteiger partial charge in [0.05, 0.1) is 11.6 Å². The smallest absolute Gasteiger partial charge is 0.0853 e. The molecule has 2 aliphatic heterocycles. The molecule has 1 N–H and O–H groups in total. The zero-order valence-electron chi connectivity index (χ0n) is 5.38. The Labute approximate surface area is 54.5 Å². The SMILES string of the molecule is OC1CN2CCC3CC132. The highest BCUT2D eigenvalue weighted by molar-refractivity contribution is 5.26. The van der Waals surface area contributed by atoms with Crippen LogP contribution >= 0.6 is 0 Å². The van der Waals surface area contributed by atoms with Crippen LogP contribution in [0.5, 0.6) is 0 Å². The first-order valence-electron chi connectivity index (χ1n) is 3.77. The second-order valence-corrected chi connectivity index (χ2v) is 3.64. The Kier molecular flexibility index (Phi) is 0.552. The van der Waals surface area contributed by atoms with E-state index in [0.29, 0.717) is 5.54 Å². The summed E-state index contributed by atoms with van der Waals surface area (Å²) in [5.74, 6) is 0.876. The summed E-state index contributed by atoms with van der Waals surface area (Å²) in [6.07, 6.45) is 2.66. The summed E-state index contributed by atoms with van der Waals surface area (Å²) < 4.78 is 0. The number of aliphatic hydroxyl groups is 1. The Hall–Kier alpha value is -0.0800. The third kappa shape index (κ3) is 0.310. The topological polar surface area (TPSA) is 23.5 Å². The van der Waals surface area contributed by atoms with Crippen molar-refractivity contribution in [2.24, 2.45) is 5.92 Å². The van der Waals surface area contributed by atoms with Crippen LogP contribution in [0.4, 0.5) is 0 Å². The van der Waals surface area contributed by atoms with E-state index < -0.39 is 0 Å². The van der Waals surface area contributed by atoms with Gasteiger partial charge in [-0.3, -0.25) is 4.90 Å². The van der Waals surface area contributed by atoms with Crippen molar-refractivity contribution in [3.05, 3.63) is 0 Å². The van der Waals surface area contributed by atoms with Crippen LogP contribution in [-0.4, -0.2) is 34.7 Å². The van der Waals surface area contributed by atoms with Gasteiger partial charge in [0.15, 0.2) is 0 Å². The average Bonchev–Trinajstić information content (AvgIpc) is 2.52. The number of rotatable bonds is 0. The van der Waals surface area contributed by atoms with Crippen LogP contribution in [0.15, 0.2) is 0 Å². The van der Waals surface area contributed by atoms with Crippen molar-refractivity contribution in [1.29, 1.82) is 0 Å². The Morgan fingerprint density at radius 3 is 2.89 bits per heavy atom. The molecule has 0 radical (unpaired) electrons. The van der Waals surface area contributed by atoms with E-state index in [-0.39, 0.29) is 6.10 Å². The van der Waals surface area contributed by atoms with Gasteiger partial charge in [-0.25, -0.2) is 0 Å². The first-order valence-corrected chi connectivity index (χ1v) is 3.77. The second-order valence-electron chi connectivity index (χ2n) is 3.64. The molecule has 3 fully saturated rings. The summed E-state index contributed by atoms with van der Waals surface area (Å²) in [5, 5.41) is 9.38. The van der Waals surface area contributed by atoms with Crippen molar-refractivity contribution >= 4 is 0 Å². The third-order valence-corrected chi connectivity index (χ3v) is 3.43. The molecule has 0 bridgehead atoms. The zero-order valence-corrected chi connectivity index (χ0v) is 5.38. The highest BCUT2D eigenvalue weighted by Crippen LogP contribution is 2.62. The lowest BCUT2D eigenvalue weighted by atomic mass is 9.98. The maximum absolute atomic E-state index is 9.38. The molecule has 3 unspecified atom stereocenters. The van der Waals surface area contributed by atoms with Gasteiger partial charge >= 0.3 is 0 Å². The Balaban J connectivity index is 1.98. The molecule has 2 saturated heterocycles. The summed E-state index contributed by atoms with van der Waals surface area (Å²) in [6.45, 7) is 2.21. The molecule has 3 atom stereocenters. The summed E-state index contributed by atoms with van der Waals surface area (Å²) in [7, 11) is 0. The Morgan fingerprint density at radius 1 is 1.56 bits per heavy atom. The van der Waals surface area contributed by atoms with Crippen molar-refractivity contribution in [3.63, 3.8) is 0 Å². The van der Waals surface area contributed by atoms with Crippen molar-refractivity contribution < 1.29 is 5.11 Å². The molecular formula is C7H11NO. The monoisotopic (exact) mass is 125 g/mol. The summed E-state index contributed by atoms with van der Waals surface area (Å²) >= 11 is 0. The molecule has 0 aromatic carbocycles. The molecule has 1 spiro atoms. The molecule has 2 heterocycles. The molecule has 0 aromatic rings. The van der Waals surface area contributed by atoms with Crippen LogP contribution in [-0.2, 0) is 0 Å². The maximum atomic E-state index is 9.38. The van der Waals surface area contributed by atoms with Crippen LogP contribution in [0.1, 0.15) is 12.8 Å². The highest BCUT2D eigenvalue weighted by Gasteiger charge is 2.71. The van der Waals surface area contributed by atoms with E-state index in [1.54, 1.807) is 0 Å². The van der Waals surface area contributed by atoms with Gasteiger partial charge in [-0.2, -0.15) is 0 Å². The number of nitrogens with zero attached hydrogens (tertiary/aromatic N) is 1. The van der Waals surface area contributed by atoms with Gasteiger partial charge in [0.2, 0.25) is 0 Å². The van der Waals surface area contributed by atoms with E-state index in [0.717, 1.165) is 12.5 Å². The van der Waals surface area contributed by atoms with E-state index in [4.69, 9.17) is 0 Å². The number of piperidine rings is 1. The van der Waals surface area contributed by atoms with Gasteiger partial charge in [-0.15, -0.1) is 0 Å². The lowest BCUT2D eigenvalue weighted by Gasteiger charge is -2.43. The normalized spacial score (nSPS) is 62.3. The van der Waals surface area contributed by atoms with Gasteiger partial charge < -0.3 is 5.11 Å². The fraction of sp³-hybridized carbons (Fsp3) is 1.00. The second kappa shape index (κ2) is 1.06. The summed E-state index contributed by atoms with van der Waals surface area (Å²) in [5.41, 5.74) is 0.347. The zero-order chi connectivity index (χ0) is 6.06.